The fourth-order valence-electron chi connectivity index (χ4n) is 1.52. The fraction of sp³-hybridized carbons (Fsp3) is 0.500. The molecule has 0 aliphatic carbocycles. The first kappa shape index (κ1) is 14.0. The van der Waals surface area contributed by atoms with E-state index in [-0.39, 0.29) is 5.75 Å². The van der Waals surface area contributed by atoms with Gasteiger partial charge in [-0.15, -0.1) is 0 Å². The minimum Gasteiger partial charge on any atom is -0.316 e. The van der Waals surface area contributed by atoms with E-state index in [0.717, 1.165) is 12.0 Å². The summed E-state index contributed by atoms with van der Waals surface area (Å²) in [6, 6.07) is 7.43. The number of para-hydroxylation sites is 1. The molecule has 0 aliphatic heterocycles. The second kappa shape index (κ2) is 6.61. The van der Waals surface area contributed by atoms with Gasteiger partial charge in [0.05, 0.1) is 11.4 Å². The average Bonchev–Trinajstić information content (AvgIpc) is 2.29. The molecule has 96 valence electrons. The highest BCUT2D eigenvalue weighted by Gasteiger charge is 2.11. The molecule has 0 aliphatic rings. The molecule has 0 bridgehead atoms. The van der Waals surface area contributed by atoms with Gasteiger partial charge in [0, 0.05) is 6.54 Å². The summed E-state index contributed by atoms with van der Waals surface area (Å²) in [5, 5.41) is 3.02. The van der Waals surface area contributed by atoms with Crippen LogP contribution in [0.3, 0.4) is 0 Å². The van der Waals surface area contributed by atoms with E-state index in [0.29, 0.717) is 18.7 Å². The van der Waals surface area contributed by atoms with Gasteiger partial charge in [0.15, 0.2) is 0 Å². The van der Waals surface area contributed by atoms with Crippen molar-refractivity contribution in [1.29, 1.82) is 0 Å². The van der Waals surface area contributed by atoms with Crippen LogP contribution < -0.4 is 10.0 Å². The Morgan fingerprint density at radius 3 is 2.59 bits per heavy atom. The first-order valence-corrected chi connectivity index (χ1v) is 7.47. The van der Waals surface area contributed by atoms with Gasteiger partial charge >= 0.3 is 0 Å². The molecule has 0 amide bonds. The summed E-state index contributed by atoms with van der Waals surface area (Å²) in [6.07, 6.45) is 1.56. The van der Waals surface area contributed by atoms with Crippen LogP contribution in [0.5, 0.6) is 0 Å². The van der Waals surface area contributed by atoms with E-state index in [1.807, 2.05) is 32.2 Å². The zero-order chi connectivity index (χ0) is 12.7. The molecule has 2 N–H and O–H groups in total. The quantitative estimate of drug-likeness (QED) is 0.784. The third kappa shape index (κ3) is 4.75. The minimum atomic E-state index is -3.22. The number of anilines is 1. The Morgan fingerprint density at radius 1 is 1.24 bits per heavy atom. The first-order chi connectivity index (χ1) is 8.09. The summed E-state index contributed by atoms with van der Waals surface area (Å²) in [6.45, 7) is 2.62. The molecule has 0 saturated heterocycles. The molecule has 1 aromatic rings. The molecule has 0 atom stereocenters. The van der Waals surface area contributed by atoms with Crippen molar-refractivity contribution in [3.8, 4) is 0 Å². The van der Waals surface area contributed by atoms with E-state index < -0.39 is 10.0 Å². The number of rotatable bonds is 7. The van der Waals surface area contributed by atoms with Crippen molar-refractivity contribution < 1.29 is 8.42 Å². The smallest absolute Gasteiger partial charge is 0.232 e. The molecule has 0 unspecified atom stereocenters. The van der Waals surface area contributed by atoms with Crippen LogP contribution in [0.25, 0.3) is 0 Å². The van der Waals surface area contributed by atoms with Crippen molar-refractivity contribution in [1.82, 2.24) is 5.32 Å². The molecule has 1 rings (SSSR count). The molecule has 4 nitrogen and oxygen atoms in total. The van der Waals surface area contributed by atoms with Crippen molar-refractivity contribution in [3.63, 3.8) is 0 Å². The minimum absolute atomic E-state index is 0.178. The Labute approximate surface area is 103 Å². The van der Waals surface area contributed by atoms with Crippen molar-refractivity contribution in [3.05, 3.63) is 29.8 Å². The first-order valence-electron chi connectivity index (χ1n) is 5.82. The van der Waals surface area contributed by atoms with Gasteiger partial charge < -0.3 is 5.32 Å². The average molecular weight is 256 g/mol. The van der Waals surface area contributed by atoms with Crippen LogP contribution in [0.15, 0.2) is 24.3 Å². The third-order valence-electron chi connectivity index (χ3n) is 2.42. The van der Waals surface area contributed by atoms with Crippen molar-refractivity contribution in [2.45, 2.75) is 26.3 Å². The Balaban J connectivity index is 2.80. The van der Waals surface area contributed by atoms with Crippen LogP contribution in [0, 0.1) is 0 Å². The molecular weight excluding hydrogens is 236 g/mol. The topological polar surface area (TPSA) is 58.2 Å². The largest absolute Gasteiger partial charge is 0.316 e. The number of sulfonamides is 1. The van der Waals surface area contributed by atoms with Crippen molar-refractivity contribution in [2.24, 2.45) is 0 Å². The Morgan fingerprint density at radius 2 is 1.94 bits per heavy atom. The molecular formula is C12H20N2O2S. The Hall–Kier alpha value is -1.07. The lowest BCUT2D eigenvalue weighted by Gasteiger charge is -2.12. The van der Waals surface area contributed by atoms with E-state index in [9.17, 15) is 8.42 Å². The highest BCUT2D eigenvalue weighted by atomic mass is 32.2. The predicted octanol–water partition coefficient (Wildman–Crippen LogP) is 1.95. The van der Waals surface area contributed by atoms with Crippen LogP contribution in [-0.4, -0.2) is 21.2 Å². The molecule has 0 radical (unpaired) electrons. The molecule has 0 saturated carbocycles. The van der Waals surface area contributed by atoms with Gasteiger partial charge in [0.25, 0.3) is 0 Å². The SMILES string of the molecule is CCCCS(=O)(=O)Nc1ccccc1CNC. The molecule has 0 fully saturated rings. The Bertz CT molecular complexity index is 444. The highest BCUT2D eigenvalue weighted by Crippen LogP contribution is 2.16. The number of benzene rings is 1. The lowest BCUT2D eigenvalue weighted by molar-refractivity contribution is 0.597. The van der Waals surface area contributed by atoms with Gasteiger partial charge in [0.2, 0.25) is 10.0 Å². The summed E-state index contributed by atoms with van der Waals surface area (Å²) < 4.78 is 26.2. The van der Waals surface area contributed by atoms with Gasteiger partial charge in [-0.05, 0) is 25.1 Å². The van der Waals surface area contributed by atoms with Gasteiger partial charge in [-0.1, -0.05) is 31.5 Å². The third-order valence-corrected chi connectivity index (χ3v) is 3.77. The lowest BCUT2D eigenvalue weighted by atomic mass is 10.2. The summed E-state index contributed by atoms with van der Waals surface area (Å²) in [5.41, 5.74) is 1.62. The van der Waals surface area contributed by atoms with Crippen LogP contribution in [-0.2, 0) is 16.6 Å². The Kier molecular flexibility index (Phi) is 5.44. The van der Waals surface area contributed by atoms with Crippen LogP contribution in [0.4, 0.5) is 5.69 Å². The lowest BCUT2D eigenvalue weighted by Crippen LogP contribution is -2.18. The summed E-state index contributed by atoms with van der Waals surface area (Å²) in [7, 11) is -1.38. The molecule has 5 heteroatoms. The van der Waals surface area contributed by atoms with Crippen LogP contribution >= 0.6 is 0 Å². The van der Waals surface area contributed by atoms with Crippen molar-refractivity contribution >= 4 is 15.7 Å². The summed E-state index contributed by atoms with van der Waals surface area (Å²) in [4.78, 5) is 0. The molecule has 0 spiro atoms. The van der Waals surface area contributed by atoms with Gasteiger partial charge in [-0.25, -0.2) is 8.42 Å². The zero-order valence-corrected chi connectivity index (χ0v) is 11.2. The van der Waals surface area contributed by atoms with Gasteiger partial charge in [-0.2, -0.15) is 0 Å². The standard InChI is InChI=1S/C12H20N2O2S/c1-3-4-9-17(15,16)14-12-8-6-5-7-11(12)10-13-2/h5-8,13-14H,3-4,9-10H2,1-2H3. The fourth-order valence-corrected chi connectivity index (χ4v) is 2.82. The molecule has 0 heterocycles. The van der Waals surface area contributed by atoms with E-state index in [4.69, 9.17) is 0 Å². The van der Waals surface area contributed by atoms with E-state index in [2.05, 4.69) is 10.0 Å². The van der Waals surface area contributed by atoms with Crippen LogP contribution in [0.2, 0.25) is 0 Å². The highest BCUT2D eigenvalue weighted by molar-refractivity contribution is 7.92. The summed E-state index contributed by atoms with van der Waals surface area (Å²) >= 11 is 0. The van der Waals surface area contributed by atoms with Crippen LogP contribution in [0.1, 0.15) is 25.3 Å². The summed E-state index contributed by atoms with van der Waals surface area (Å²) in [5.74, 6) is 0.178. The second-order valence-corrected chi connectivity index (χ2v) is 5.80. The van der Waals surface area contributed by atoms with E-state index >= 15 is 0 Å². The predicted molar refractivity (Wildman–Crippen MR) is 71.5 cm³/mol. The number of nitrogens with one attached hydrogen (secondary N) is 2. The van der Waals surface area contributed by atoms with E-state index in [1.165, 1.54) is 0 Å². The normalized spacial score (nSPS) is 11.4. The number of hydrogen-bond donors (Lipinski definition) is 2. The molecule has 17 heavy (non-hydrogen) atoms. The van der Waals surface area contributed by atoms with Gasteiger partial charge in [-0.3, -0.25) is 4.72 Å². The number of unbranched alkanes of at least 4 members (excludes halogenated alkanes) is 1. The zero-order valence-electron chi connectivity index (χ0n) is 10.4. The molecule has 1 aromatic carbocycles. The van der Waals surface area contributed by atoms with Gasteiger partial charge in [0.1, 0.15) is 0 Å². The van der Waals surface area contributed by atoms with Crippen molar-refractivity contribution in [2.75, 3.05) is 17.5 Å². The molecule has 0 aromatic heterocycles. The maximum Gasteiger partial charge on any atom is 0.232 e. The monoisotopic (exact) mass is 256 g/mol. The number of hydrogen-bond acceptors (Lipinski definition) is 3. The maximum absolute atomic E-state index is 11.8. The van der Waals surface area contributed by atoms with E-state index in [1.54, 1.807) is 6.07 Å². The second-order valence-electron chi connectivity index (χ2n) is 3.96. The maximum atomic E-state index is 11.8.